The summed E-state index contributed by atoms with van der Waals surface area (Å²) in [4.78, 5) is 27.3. The van der Waals surface area contributed by atoms with Crippen LogP contribution in [0, 0.1) is 11.8 Å². The number of ether oxygens (including phenoxy) is 1. The first-order valence-electron chi connectivity index (χ1n) is 12.7. The van der Waals surface area contributed by atoms with Crippen LogP contribution in [0.25, 0.3) is 0 Å². The Morgan fingerprint density at radius 1 is 0.711 bits per heavy atom. The van der Waals surface area contributed by atoms with E-state index in [1.54, 1.807) is 6.21 Å². The summed E-state index contributed by atoms with van der Waals surface area (Å²) < 4.78 is 5.85. The third kappa shape index (κ3) is 3.50. The van der Waals surface area contributed by atoms with Crippen LogP contribution in [0.4, 0.5) is 0 Å². The van der Waals surface area contributed by atoms with Gasteiger partial charge in [-0.15, -0.1) is 0 Å². The summed E-state index contributed by atoms with van der Waals surface area (Å²) in [5, 5.41) is 6.14. The zero-order valence-corrected chi connectivity index (χ0v) is 21.1. The Bertz CT molecular complexity index is 1500. The van der Waals surface area contributed by atoms with E-state index in [2.05, 4.69) is 29.4 Å². The van der Waals surface area contributed by atoms with Crippen molar-refractivity contribution >= 4 is 29.6 Å². The predicted octanol–water partition coefficient (Wildman–Crippen LogP) is 6.15. The Morgan fingerprint density at radius 3 is 1.74 bits per heavy atom. The fraction of sp³-hybridized carbons (Fsp3) is 0.156. The molecule has 0 spiro atoms. The Hall–Kier alpha value is -4.22. The molecule has 6 heteroatoms. The molecule has 186 valence electrons. The molecule has 0 saturated carbocycles. The fourth-order valence-corrected chi connectivity index (χ4v) is 6.52. The molecule has 2 bridgehead atoms. The minimum Gasteiger partial charge on any atom is -0.489 e. The molecule has 2 amide bonds. The summed E-state index contributed by atoms with van der Waals surface area (Å²) in [5.74, 6) is -0.907. The maximum Gasteiger partial charge on any atom is 0.254 e. The zero-order valence-electron chi connectivity index (χ0n) is 20.3. The van der Waals surface area contributed by atoms with Crippen LogP contribution < -0.4 is 4.74 Å². The number of imide groups is 1. The van der Waals surface area contributed by atoms with E-state index in [1.807, 2.05) is 72.8 Å². The van der Waals surface area contributed by atoms with Gasteiger partial charge in [-0.1, -0.05) is 78.3 Å². The SMILES string of the molecule is O=C1[C@@H]2C3c4ccccc4C(c4ccccc43)[C@@H]2C(=O)N1/N=C\c1ccc(OCc2ccccc2Cl)cc1. The Labute approximate surface area is 225 Å². The lowest BCUT2D eigenvalue weighted by molar-refractivity contribution is -0.139. The van der Waals surface area contributed by atoms with E-state index in [0.717, 1.165) is 38.4 Å². The molecule has 4 aliphatic rings. The summed E-state index contributed by atoms with van der Waals surface area (Å²) in [6.45, 7) is 0.361. The maximum absolute atomic E-state index is 13.6. The number of amides is 2. The van der Waals surface area contributed by atoms with Gasteiger partial charge in [-0.05, 0) is 58.1 Å². The Kier molecular flexibility index (Phi) is 5.41. The Balaban J connectivity index is 1.13. The molecule has 2 atom stereocenters. The van der Waals surface area contributed by atoms with Crippen molar-refractivity contribution in [1.29, 1.82) is 0 Å². The van der Waals surface area contributed by atoms with Crippen molar-refractivity contribution in [3.05, 3.63) is 135 Å². The number of carbonyl (C=O) groups is 2. The van der Waals surface area contributed by atoms with Crippen LogP contribution >= 0.6 is 11.6 Å². The summed E-state index contributed by atoms with van der Waals surface area (Å²) in [6.07, 6.45) is 1.56. The van der Waals surface area contributed by atoms with Gasteiger partial charge >= 0.3 is 0 Å². The number of carbonyl (C=O) groups excluding carboxylic acids is 2. The number of rotatable bonds is 5. The number of hydrogen-bond donors (Lipinski definition) is 0. The lowest BCUT2D eigenvalue weighted by atomic mass is 9.55. The lowest BCUT2D eigenvalue weighted by Gasteiger charge is -2.45. The number of hydrazone groups is 1. The van der Waals surface area contributed by atoms with Gasteiger partial charge in [0.2, 0.25) is 0 Å². The largest absolute Gasteiger partial charge is 0.489 e. The van der Waals surface area contributed by atoms with Crippen molar-refractivity contribution < 1.29 is 14.3 Å². The van der Waals surface area contributed by atoms with E-state index < -0.39 is 11.8 Å². The fourth-order valence-electron chi connectivity index (χ4n) is 6.33. The highest BCUT2D eigenvalue weighted by atomic mass is 35.5. The van der Waals surface area contributed by atoms with Crippen molar-refractivity contribution in [3.63, 3.8) is 0 Å². The third-order valence-electron chi connectivity index (χ3n) is 7.98. The number of hydrogen-bond acceptors (Lipinski definition) is 4. The van der Waals surface area contributed by atoms with Gasteiger partial charge < -0.3 is 4.74 Å². The van der Waals surface area contributed by atoms with Crippen molar-refractivity contribution in [1.82, 2.24) is 5.01 Å². The normalized spacial score (nSPS) is 22.9. The molecule has 1 heterocycles. The van der Waals surface area contributed by atoms with Crippen LogP contribution in [0.3, 0.4) is 0 Å². The highest BCUT2D eigenvalue weighted by Crippen LogP contribution is 2.60. The van der Waals surface area contributed by atoms with E-state index in [4.69, 9.17) is 16.3 Å². The first kappa shape index (κ1) is 22.9. The van der Waals surface area contributed by atoms with Gasteiger partial charge in [0.05, 0.1) is 18.1 Å². The second-order valence-electron chi connectivity index (χ2n) is 9.95. The number of halogens is 1. The van der Waals surface area contributed by atoms with Gasteiger partial charge in [-0.3, -0.25) is 9.59 Å². The van der Waals surface area contributed by atoms with Crippen LogP contribution in [0.15, 0.2) is 102 Å². The standard InChI is InChI=1S/C32H23ClN2O3/c33-26-12-6-1-7-20(26)18-38-21-15-13-19(14-16-21)17-34-35-31(36)29-27-22-8-2-3-9-23(22)28(30(29)32(35)37)25-11-5-4-10-24(25)27/h1-17,27-30H,18H2/b34-17-/t27?,28?,29-,30+. The van der Waals surface area contributed by atoms with Crippen LogP contribution in [0.2, 0.25) is 5.02 Å². The topological polar surface area (TPSA) is 59.0 Å². The van der Waals surface area contributed by atoms with E-state index in [1.165, 1.54) is 0 Å². The molecule has 0 radical (unpaired) electrons. The van der Waals surface area contributed by atoms with E-state index in [-0.39, 0.29) is 23.7 Å². The molecular formula is C32H23ClN2O3. The first-order chi connectivity index (χ1) is 18.6. The molecule has 1 saturated heterocycles. The molecule has 4 aromatic carbocycles. The molecule has 38 heavy (non-hydrogen) atoms. The molecular weight excluding hydrogens is 496 g/mol. The van der Waals surface area contributed by atoms with E-state index >= 15 is 0 Å². The maximum atomic E-state index is 13.6. The van der Waals surface area contributed by atoms with Crippen LogP contribution in [0.1, 0.15) is 45.2 Å². The molecule has 1 fully saturated rings. The Morgan fingerprint density at radius 2 is 1.21 bits per heavy atom. The summed E-state index contributed by atoms with van der Waals surface area (Å²) in [6, 6.07) is 31.3. The average molecular weight is 519 g/mol. The van der Waals surface area contributed by atoms with E-state index in [0.29, 0.717) is 17.4 Å². The highest BCUT2D eigenvalue weighted by molar-refractivity contribution is 6.31. The van der Waals surface area contributed by atoms with Crippen LogP contribution in [0.5, 0.6) is 5.75 Å². The monoisotopic (exact) mass is 518 g/mol. The smallest absolute Gasteiger partial charge is 0.254 e. The first-order valence-corrected chi connectivity index (χ1v) is 13.1. The molecule has 1 aliphatic heterocycles. The van der Waals surface area contributed by atoms with Gasteiger partial charge in [-0.2, -0.15) is 10.1 Å². The molecule has 4 aromatic rings. The quantitative estimate of drug-likeness (QED) is 0.235. The predicted molar refractivity (Wildman–Crippen MR) is 145 cm³/mol. The lowest BCUT2D eigenvalue weighted by Crippen LogP contribution is -2.41. The molecule has 3 aliphatic carbocycles. The number of benzene rings is 4. The van der Waals surface area contributed by atoms with E-state index in [9.17, 15) is 9.59 Å². The van der Waals surface area contributed by atoms with Crippen molar-refractivity contribution in [2.75, 3.05) is 0 Å². The molecule has 0 unspecified atom stereocenters. The van der Waals surface area contributed by atoms with Crippen molar-refractivity contribution in [2.24, 2.45) is 16.9 Å². The molecule has 8 rings (SSSR count). The van der Waals surface area contributed by atoms with Gasteiger partial charge in [-0.25, -0.2) is 0 Å². The van der Waals surface area contributed by atoms with Gasteiger partial charge in [0.15, 0.2) is 0 Å². The molecule has 0 N–H and O–H groups in total. The zero-order chi connectivity index (χ0) is 25.8. The van der Waals surface area contributed by atoms with Crippen LogP contribution in [-0.2, 0) is 16.2 Å². The highest BCUT2D eigenvalue weighted by Gasteiger charge is 2.61. The second-order valence-corrected chi connectivity index (χ2v) is 10.4. The minimum absolute atomic E-state index is 0.136. The molecule has 0 aromatic heterocycles. The van der Waals surface area contributed by atoms with Gasteiger partial charge in [0.1, 0.15) is 12.4 Å². The third-order valence-corrected chi connectivity index (χ3v) is 8.35. The average Bonchev–Trinajstić information content (AvgIpc) is 3.21. The van der Waals surface area contributed by atoms with Crippen LogP contribution in [-0.4, -0.2) is 23.0 Å². The summed E-state index contributed by atoms with van der Waals surface area (Å²) >= 11 is 6.21. The van der Waals surface area contributed by atoms with Gasteiger partial charge in [0, 0.05) is 22.4 Å². The summed E-state index contributed by atoms with van der Waals surface area (Å²) in [5.41, 5.74) is 6.27. The minimum atomic E-state index is -0.435. The van der Waals surface area contributed by atoms with Crippen molar-refractivity contribution in [2.45, 2.75) is 18.4 Å². The number of nitrogens with zero attached hydrogens (tertiary/aromatic N) is 2. The second kappa shape index (κ2) is 8.96. The van der Waals surface area contributed by atoms with Gasteiger partial charge in [0.25, 0.3) is 11.8 Å². The summed E-state index contributed by atoms with van der Waals surface area (Å²) in [7, 11) is 0. The van der Waals surface area contributed by atoms with Crippen molar-refractivity contribution in [3.8, 4) is 5.75 Å². The molecule has 5 nitrogen and oxygen atoms in total.